The summed E-state index contributed by atoms with van der Waals surface area (Å²) in [5.74, 6) is -0.108. The minimum atomic E-state index is -0.920. The third-order valence-corrected chi connectivity index (χ3v) is 3.48. The molecular formula is C14H20N2O3S. The van der Waals surface area contributed by atoms with E-state index in [2.05, 4.69) is 5.32 Å². The molecule has 5 nitrogen and oxygen atoms in total. The molecule has 0 aliphatic carbocycles. The Labute approximate surface area is 123 Å². The number of nitrogens with one attached hydrogen (secondary N) is 1. The first kappa shape index (κ1) is 16.4. The van der Waals surface area contributed by atoms with Crippen LogP contribution in [0.1, 0.15) is 13.3 Å². The number of aliphatic carboxylic acids is 1. The average Bonchev–Trinajstić information content (AvgIpc) is 2.40. The Balaban J connectivity index is 2.76. The van der Waals surface area contributed by atoms with Gasteiger partial charge in [0.05, 0.1) is 6.42 Å². The minimum Gasteiger partial charge on any atom is -0.481 e. The standard InChI is InChI=1S/C14H20N2O3S/c1-11(10-20-2)15-14(19)16(9-8-13(17)18)12-6-4-3-5-7-12/h3-7,11H,8-10H2,1-2H3,(H,15,19)(H,17,18). The molecular weight excluding hydrogens is 276 g/mol. The fourth-order valence-corrected chi connectivity index (χ4v) is 2.33. The summed E-state index contributed by atoms with van der Waals surface area (Å²) in [4.78, 5) is 24.4. The SMILES string of the molecule is CSCC(C)NC(=O)N(CCC(=O)O)c1ccccc1. The molecule has 1 aromatic carbocycles. The molecule has 2 amide bonds. The minimum absolute atomic E-state index is 0.0357. The van der Waals surface area contributed by atoms with E-state index in [-0.39, 0.29) is 25.0 Å². The van der Waals surface area contributed by atoms with Gasteiger partial charge in [0.25, 0.3) is 0 Å². The molecule has 0 aromatic heterocycles. The fourth-order valence-electron chi connectivity index (χ4n) is 1.74. The highest BCUT2D eigenvalue weighted by molar-refractivity contribution is 7.98. The van der Waals surface area contributed by atoms with E-state index in [9.17, 15) is 9.59 Å². The number of para-hydroxylation sites is 1. The Morgan fingerprint density at radius 3 is 2.55 bits per heavy atom. The number of hydrogen-bond donors (Lipinski definition) is 2. The van der Waals surface area contributed by atoms with Crippen molar-refractivity contribution in [2.75, 3.05) is 23.5 Å². The third-order valence-electron chi connectivity index (χ3n) is 2.65. The Hall–Kier alpha value is -1.69. The normalized spacial score (nSPS) is 11.7. The lowest BCUT2D eigenvalue weighted by molar-refractivity contribution is -0.136. The van der Waals surface area contributed by atoms with E-state index in [1.54, 1.807) is 23.9 Å². The quantitative estimate of drug-likeness (QED) is 0.811. The van der Waals surface area contributed by atoms with Gasteiger partial charge < -0.3 is 10.4 Å². The van der Waals surface area contributed by atoms with E-state index in [0.29, 0.717) is 5.69 Å². The largest absolute Gasteiger partial charge is 0.481 e. The van der Waals surface area contributed by atoms with Crippen LogP contribution in [0.3, 0.4) is 0 Å². The van der Waals surface area contributed by atoms with Gasteiger partial charge in [-0.1, -0.05) is 18.2 Å². The summed E-state index contributed by atoms with van der Waals surface area (Å²) in [6.45, 7) is 2.08. The smallest absolute Gasteiger partial charge is 0.322 e. The van der Waals surface area contributed by atoms with Gasteiger partial charge in [0.2, 0.25) is 0 Å². The molecule has 2 N–H and O–H groups in total. The predicted molar refractivity (Wildman–Crippen MR) is 82.4 cm³/mol. The fraction of sp³-hybridized carbons (Fsp3) is 0.429. The molecule has 0 aliphatic heterocycles. The maximum Gasteiger partial charge on any atom is 0.322 e. The van der Waals surface area contributed by atoms with Crippen molar-refractivity contribution < 1.29 is 14.7 Å². The van der Waals surface area contributed by atoms with E-state index < -0.39 is 5.97 Å². The summed E-state index contributed by atoms with van der Waals surface area (Å²) >= 11 is 1.65. The Morgan fingerprint density at radius 2 is 2.00 bits per heavy atom. The maximum atomic E-state index is 12.3. The molecule has 0 aliphatic rings. The van der Waals surface area contributed by atoms with Crippen LogP contribution in [0, 0.1) is 0 Å². The number of carboxylic acid groups (broad SMARTS) is 1. The number of carboxylic acids is 1. The zero-order valence-electron chi connectivity index (χ0n) is 11.7. The molecule has 0 spiro atoms. The van der Waals surface area contributed by atoms with E-state index in [4.69, 9.17) is 5.11 Å². The molecule has 1 unspecified atom stereocenters. The Morgan fingerprint density at radius 1 is 1.35 bits per heavy atom. The van der Waals surface area contributed by atoms with E-state index in [0.717, 1.165) is 5.75 Å². The number of hydrogen-bond acceptors (Lipinski definition) is 3. The number of benzene rings is 1. The molecule has 20 heavy (non-hydrogen) atoms. The van der Waals surface area contributed by atoms with Crippen LogP contribution in [0.5, 0.6) is 0 Å². The third kappa shape index (κ3) is 5.52. The van der Waals surface area contributed by atoms with Crippen molar-refractivity contribution in [2.24, 2.45) is 0 Å². The van der Waals surface area contributed by atoms with Crippen molar-refractivity contribution in [3.8, 4) is 0 Å². The second kappa shape index (κ2) is 8.47. The van der Waals surface area contributed by atoms with Gasteiger partial charge in [-0.2, -0.15) is 11.8 Å². The lowest BCUT2D eigenvalue weighted by Gasteiger charge is -2.24. The molecule has 6 heteroatoms. The van der Waals surface area contributed by atoms with Crippen LogP contribution in [0.2, 0.25) is 0 Å². The molecule has 0 radical (unpaired) electrons. The molecule has 0 bridgehead atoms. The summed E-state index contributed by atoms with van der Waals surface area (Å²) in [5.41, 5.74) is 0.697. The lowest BCUT2D eigenvalue weighted by Crippen LogP contribution is -2.45. The topological polar surface area (TPSA) is 69.6 Å². The van der Waals surface area contributed by atoms with Crippen LogP contribution in [0.4, 0.5) is 10.5 Å². The number of urea groups is 1. The van der Waals surface area contributed by atoms with Gasteiger partial charge in [0.1, 0.15) is 0 Å². The first-order chi connectivity index (χ1) is 9.54. The van der Waals surface area contributed by atoms with Crippen molar-refractivity contribution in [1.82, 2.24) is 5.32 Å². The van der Waals surface area contributed by atoms with Crippen LogP contribution in [-0.2, 0) is 4.79 Å². The number of thioether (sulfide) groups is 1. The molecule has 0 saturated heterocycles. The average molecular weight is 296 g/mol. The van der Waals surface area contributed by atoms with Gasteiger partial charge >= 0.3 is 12.0 Å². The molecule has 1 aromatic rings. The second-order valence-corrected chi connectivity index (χ2v) is 5.35. The second-order valence-electron chi connectivity index (χ2n) is 4.44. The Kier molecular flexibility index (Phi) is 6.93. The number of carbonyl (C=O) groups excluding carboxylic acids is 1. The van der Waals surface area contributed by atoms with Crippen molar-refractivity contribution in [3.05, 3.63) is 30.3 Å². The summed E-state index contributed by atoms with van der Waals surface area (Å²) in [5, 5.41) is 11.7. The first-order valence-corrected chi connectivity index (χ1v) is 7.77. The van der Waals surface area contributed by atoms with Crippen LogP contribution in [0.25, 0.3) is 0 Å². The summed E-state index contributed by atoms with van der Waals surface area (Å²) in [7, 11) is 0. The van der Waals surface area contributed by atoms with E-state index >= 15 is 0 Å². The van der Waals surface area contributed by atoms with Gasteiger partial charge in [0.15, 0.2) is 0 Å². The molecule has 110 valence electrons. The Bertz CT molecular complexity index is 439. The molecule has 1 rings (SSSR count). The van der Waals surface area contributed by atoms with Crippen LogP contribution >= 0.6 is 11.8 Å². The van der Waals surface area contributed by atoms with Crippen molar-refractivity contribution >= 4 is 29.4 Å². The van der Waals surface area contributed by atoms with Gasteiger partial charge in [-0.25, -0.2) is 4.79 Å². The van der Waals surface area contributed by atoms with Crippen LogP contribution in [-0.4, -0.2) is 41.7 Å². The summed E-state index contributed by atoms with van der Waals surface area (Å²) < 4.78 is 0. The molecule has 0 fully saturated rings. The van der Waals surface area contributed by atoms with Crippen molar-refractivity contribution in [3.63, 3.8) is 0 Å². The number of amides is 2. The zero-order chi connectivity index (χ0) is 15.0. The molecule has 0 heterocycles. The lowest BCUT2D eigenvalue weighted by atomic mass is 10.2. The van der Waals surface area contributed by atoms with Crippen molar-refractivity contribution in [1.29, 1.82) is 0 Å². The zero-order valence-corrected chi connectivity index (χ0v) is 12.5. The summed E-state index contributed by atoms with van der Waals surface area (Å²) in [6, 6.07) is 8.85. The van der Waals surface area contributed by atoms with Crippen LogP contribution < -0.4 is 10.2 Å². The monoisotopic (exact) mass is 296 g/mol. The van der Waals surface area contributed by atoms with Gasteiger partial charge in [-0.05, 0) is 25.3 Å². The van der Waals surface area contributed by atoms with Crippen LogP contribution in [0.15, 0.2) is 30.3 Å². The highest BCUT2D eigenvalue weighted by atomic mass is 32.2. The molecule has 1 atom stereocenters. The maximum absolute atomic E-state index is 12.3. The van der Waals surface area contributed by atoms with Gasteiger partial charge in [-0.15, -0.1) is 0 Å². The van der Waals surface area contributed by atoms with Crippen molar-refractivity contribution in [2.45, 2.75) is 19.4 Å². The highest BCUT2D eigenvalue weighted by Gasteiger charge is 2.18. The molecule has 0 saturated carbocycles. The predicted octanol–water partition coefficient (Wildman–Crippen LogP) is 2.43. The number of nitrogens with zero attached hydrogens (tertiary/aromatic N) is 1. The highest BCUT2D eigenvalue weighted by Crippen LogP contribution is 2.14. The number of anilines is 1. The van der Waals surface area contributed by atoms with E-state index in [1.807, 2.05) is 31.4 Å². The first-order valence-electron chi connectivity index (χ1n) is 6.38. The van der Waals surface area contributed by atoms with Gasteiger partial charge in [0, 0.05) is 24.0 Å². The number of carbonyl (C=O) groups is 2. The number of rotatable bonds is 7. The van der Waals surface area contributed by atoms with E-state index in [1.165, 1.54) is 4.90 Å². The van der Waals surface area contributed by atoms with Gasteiger partial charge in [-0.3, -0.25) is 9.69 Å². The summed E-state index contributed by atoms with van der Waals surface area (Å²) in [6.07, 6.45) is 1.89.